The van der Waals surface area contributed by atoms with Gasteiger partial charge in [0.1, 0.15) is 5.82 Å². The fraction of sp³-hybridized carbons (Fsp3) is 0.0714. The van der Waals surface area contributed by atoms with Crippen LogP contribution in [0.15, 0.2) is 40.9 Å². The van der Waals surface area contributed by atoms with Gasteiger partial charge in [0.05, 0.1) is 0 Å². The van der Waals surface area contributed by atoms with Gasteiger partial charge in [0.2, 0.25) is 5.13 Å². The molecule has 1 amide bonds. The minimum absolute atomic E-state index is 0.175. The molecule has 0 saturated heterocycles. The van der Waals surface area contributed by atoms with Crippen molar-refractivity contribution < 1.29 is 4.79 Å². The Balaban J connectivity index is 1.89. The average Bonchev–Trinajstić information content (AvgIpc) is 2.83. The Morgan fingerprint density at radius 2 is 1.95 bits per heavy atom. The lowest BCUT2D eigenvalue weighted by Gasteiger charge is -2.04. The van der Waals surface area contributed by atoms with Crippen LogP contribution in [0, 0.1) is 6.92 Å². The first-order chi connectivity index (χ1) is 9.61. The van der Waals surface area contributed by atoms with E-state index in [-0.39, 0.29) is 5.91 Å². The number of carbonyl (C=O) groups is 1. The van der Waals surface area contributed by atoms with Crippen molar-refractivity contribution >= 4 is 49.3 Å². The second-order valence-electron chi connectivity index (χ2n) is 4.31. The molecule has 3 rings (SSSR count). The number of fused-ring (bicyclic) bond motifs is 1. The number of nitrogens with zero attached hydrogens (tertiary/aromatic N) is 2. The van der Waals surface area contributed by atoms with Crippen LogP contribution in [0.25, 0.3) is 10.8 Å². The van der Waals surface area contributed by atoms with Crippen LogP contribution in [0.5, 0.6) is 0 Å². The number of aryl methyl sites for hydroxylation is 1. The monoisotopic (exact) mass is 347 g/mol. The maximum atomic E-state index is 12.2. The van der Waals surface area contributed by atoms with Gasteiger partial charge in [-0.2, -0.15) is 4.37 Å². The van der Waals surface area contributed by atoms with Gasteiger partial charge in [0.15, 0.2) is 0 Å². The normalized spacial score (nSPS) is 10.7. The van der Waals surface area contributed by atoms with E-state index in [0.717, 1.165) is 15.2 Å². The summed E-state index contributed by atoms with van der Waals surface area (Å²) < 4.78 is 5.05. The Bertz CT molecular complexity index is 800. The second kappa shape index (κ2) is 5.30. The lowest BCUT2D eigenvalue weighted by Crippen LogP contribution is -2.11. The van der Waals surface area contributed by atoms with Gasteiger partial charge in [0, 0.05) is 21.6 Å². The summed E-state index contributed by atoms with van der Waals surface area (Å²) in [5.41, 5.74) is 0.604. The fourth-order valence-electron chi connectivity index (χ4n) is 1.87. The van der Waals surface area contributed by atoms with E-state index in [0.29, 0.717) is 16.5 Å². The molecule has 0 bridgehead atoms. The third-order valence-corrected chi connectivity index (χ3v) is 4.03. The van der Waals surface area contributed by atoms with Crippen LogP contribution in [0.1, 0.15) is 16.2 Å². The maximum Gasteiger partial charge on any atom is 0.257 e. The van der Waals surface area contributed by atoms with Gasteiger partial charge in [-0.1, -0.05) is 28.1 Å². The molecule has 4 nitrogen and oxygen atoms in total. The quantitative estimate of drug-likeness (QED) is 0.761. The van der Waals surface area contributed by atoms with Gasteiger partial charge >= 0.3 is 0 Å². The fourth-order valence-corrected chi connectivity index (χ4v) is 2.82. The molecule has 6 heteroatoms. The molecule has 3 aromatic rings. The van der Waals surface area contributed by atoms with Crippen molar-refractivity contribution in [1.29, 1.82) is 0 Å². The van der Waals surface area contributed by atoms with Crippen molar-refractivity contribution in [2.24, 2.45) is 0 Å². The van der Waals surface area contributed by atoms with Crippen molar-refractivity contribution in [3.05, 3.63) is 52.3 Å². The molecule has 20 heavy (non-hydrogen) atoms. The molecular formula is C14H10BrN3OS. The number of hydrogen-bond acceptors (Lipinski definition) is 4. The highest BCUT2D eigenvalue weighted by Crippen LogP contribution is 2.21. The van der Waals surface area contributed by atoms with Gasteiger partial charge < -0.3 is 0 Å². The lowest BCUT2D eigenvalue weighted by atomic mass is 10.1. The van der Waals surface area contributed by atoms with Crippen molar-refractivity contribution in [2.45, 2.75) is 6.92 Å². The summed E-state index contributed by atoms with van der Waals surface area (Å²) in [6, 6.07) is 11.6. The predicted molar refractivity (Wildman–Crippen MR) is 84.2 cm³/mol. The highest BCUT2D eigenvalue weighted by Gasteiger charge is 2.09. The summed E-state index contributed by atoms with van der Waals surface area (Å²) in [5.74, 6) is 0.486. The van der Waals surface area contributed by atoms with E-state index < -0.39 is 0 Å². The number of amides is 1. The van der Waals surface area contributed by atoms with Crippen LogP contribution < -0.4 is 5.32 Å². The molecule has 2 aromatic carbocycles. The average molecular weight is 348 g/mol. The first-order valence-electron chi connectivity index (χ1n) is 5.93. The predicted octanol–water partition coefficient (Wildman–Crippen LogP) is 4.01. The standard InChI is InChI=1S/C14H10BrN3OS/c1-8-16-14(20-18-8)17-13(19)11-3-2-10-7-12(15)5-4-9(10)6-11/h2-7H,1H3,(H,16,17,18,19). The summed E-state index contributed by atoms with van der Waals surface area (Å²) in [5, 5.41) is 5.38. The van der Waals surface area contributed by atoms with Crippen LogP contribution in [0.4, 0.5) is 5.13 Å². The van der Waals surface area contributed by atoms with Crippen LogP contribution >= 0.6 is 27.5 Å². The second-order valence-corrected chi connectivity index (χ2v) is 5.97. The summed E-state index contributed by atoms with van der Waals surface area (Å²) in [7, 11) is 0. The van der Waals surface area contributed by atoms with Gasteiger partial charge in [-0.3, -0.25) is 10.1 Å². The Morgan fingerprint density at radius 3 is 2.70 bits per heavy atom. The number of hydrogen-bond donors (Lipinski definition) is 1. The molecule has 0 aliphatic heterocycles. The molecule has 1 aromatic heterocycles. The first kappa shape index (κ1) is 13.2. The van der Waals surface area contributed by atoms with E-state index in [2.05, 4.69) is 30.6 Å². The zero-order valence-electron chi connectivity index (χ0n) is 10.6. The highest BCUT2D eigenvalue weighted by molar-refractivity contribution is 9.10. The van der Waals surface area contributed by atoms with Crippen molar-refractivity contribution in [1.82, 2.24) is 9.36 Å². The number of aromatic nitrogens is 2. The van der Waals surface area contributed by atoms with E-state index in [1.54, 1.807) is 13.0 Å². The van der Waals surface area contributed by atoms with Crippen LogP contribution in [-0.2, 0) is 0 Å². The molecule has 100 valence electrons. The number of rotatable bonds is 2. The van der Waals surface area contributed by atoms with Crippen molar-refractivity contribution in [3.63, 3.8) is 0 Å². The van der Waals surface area contributed by atoms with E-state index in [9.17, 15) is 4.79 Å². The van der Waals surface area contributed by atoms with Crippen LogP contribution in [-0.4, -0.2) is 15.3 Å². The van der Waals surface area contributed by atoms with Crippen LogP contribution in [0.3, 0.4) is 0 Å². The Hall–Kier alpha value is -1.79. The molecule has 0 spiro atoms. The number of halogens is 1. The lowest BCUT2D eigenvalue weighted by molar-refractivity contribution is 0.102. The molecule has 0 atom stereocenters. The molecule has 0 aliphatic carbocycles. The minimum atomic E-state index is -0.175. The smallest absolute Gasteiger partial charge is 0.257 e. The third-order valence-electron chi connectivity index (χ3n) is 2.81. The summed E-state index contributed by atoms with van der Waals surface area (Å²) >= 11 is 4.61. The maximum absolute atomic E-state index is 12.2. The van der Waals surface area contributed by atoms with Gasteiger partial charge in [-0.15, -0.1) is 0 Å². The summed E-state index contributed by atoms with van der Waals surface area (Å²) in [4.78, 5) is 16.3. The Kier molecular flexibility index (Phi) is 3.50. The molecule has 0 aliphatic rings. The minimum Gasteiger partial charge on any atom is -0.297 e. The molecule has 1 heterocycles. The number of carbonyl (C=O) groups excluding carboxylic acids is 1. The zero-order valence-corrected chi connectivity index (χ0v) is 13.0. The molecule has 0 unspecified atom stereocenters. The SMILES string of the molecule is Cc1nsc(NC(=O)c2ccc3cc(Br)ccc3c2)n1. The molecular weight excluding hydrogens is 338 g/mol. The Morgan fingerprint density at radius 1 is 1.20 bits per heavy atom. The first-order valence-corrected chi connectivity index (χ1v) is 7.49. The number of anilines is 1. The Labute approximate surface area is 128 Å². The topological polar surface area (TPSA) is 54.9 Å². The van der Waals surface area contributed by atoms with Crippen LogP contribution in [0.2, 0.25) is 0 Å². The summed E-state index contributed by atoms with van der Waals surface area (Å²) in [6.07, 6.45) is 0. The zero-order chi connectivity index (χ0) is 14.1. The van der Waals surface area contributed by atoms with E-state index in [1.165, 1.54) is 11.5 Å². The molecule has 1 N–H and O–H groups in total. The number of benzene rings is 2. The highest BCUT2D eigenvalue weighted by atomic mass is 79.9. The van der Waals surface area contributed by atoms with Gasteiger partial charge in [0.25, 0.3) is 5.91 Å². The molecule has 0 radical (unpaired) electrons. The molecule has 0 fully saturated rings. The van der Waals surface area contributed by atoms with Crippen molar-refractivity contribution in [3.8, 4) is 0 Å². The van der Waals surface area contributed by atoms with Crippen molar-refractivity contribution in [2.75, 3.05) is 5.32 Å². The summed E-state index contributed by atoms with van der Waals surface area (Å²) in [6.45, 7) is 1.79. The number of nitrogens with one attached hydrogen (secondary N) is 1. The molecule has 0 saturated carbocycles. The van der Waals surface area contributed by atoms with E-state index >= 15 is 0 Å². The largest absolute Gasteiger partial charge is 0.297 e. The van der Waals surface area contributed by atoms with Gasteiger partial charge in [-0.25, -0.2) is 4.98 Å². The van der Waals surface area contributed by atoms with E-state index in [1.807, 2.05) is 30.3 Å². The van der Waals surface area contributed by atoms with Gasteiger partial charge in [-0.05, 0) is 42.0 Å². The van der Waals surface area contributed by atoms with E-state index in [4.69, 9.17) is 0 Å². The third kappa shape index (κ3) is 2.71.